The highest BCUT2D eigenvalue weighted by atomic mass is 16.5. The van der Waals surface area contributed by atoms with Gasteiger partial charge in [0.15, 0.2) is 6.39 Å². The van der Waals surface area contributed by atoms with Crippen LogP contribution in [0.5, 0.6) is 5.75 Å². The summed E-state index contributed by atoms with van der Waals surface area (Å²) in [4.78, 5) is 33.4. The Bertz CT molecular complexity index is 951. The normalized spacial score (nSPS) is 22.3. The lowest BCUT2D eigenvalue weighted by molar-refractivity contribution is -0.119. The molecule has 0 fully saturated rings. The molecule has 0 spiro atoms. The summed E-state index contributed by atoms with van der Waals surface area (Å²) in [6.45, 7) is 6.19. The molecule has 1 aromatic heterocycles. The van der Waals surface area contributed by atoms with E-state index in [0.717, 1.165) is 12.2 Å². The minimum atomic E-state index is -0.289. The molecular weight excluding hydrogens is 440 g/mol. The third kappa shape index (κ3) is 6.55. The van der Waals surface area contributed by atoms with Gasteiger partial charge in [-0.25, -0.2) is 4.98 Å². The molecule has 0 unspecified atom stereocenters. The lowest BCUT2D eigenvalue weighted by Crippen LogP contribution is -2.46. The summed E-state index contributed by atoms with van der Waals surface area (Å²) in [5.74, 6) is 0.0876. The standard InChI is InChI=1S/C24H34N4O6/c1-16-9-28(10-19-13-33-15-25-19)17(2)12-34-21-8-18(26-23(29)14-31-4)6-7-20(21)24(30)27(3)11-22(16)32-5/h6-8,13,15-17,22H,9-12,14H2,1-5H3,(H,26,29)/t16-,17-,22+/m1/s1. The molecule has 3 atom stereocenters. The van der Waals surface area contributed by atoms with Crippen LogP contribution in [0.3, 0.4) is 0 Å². The number of benzene rings is 1. The van der Waals surface area contributed by atoms with Crippen LogP contribution in [-0.4, -0.2) is 86.3 Å². The molecule has 1 aliphatic heterocycles. The van der Waals surface area contributed by atoms with Gasteiger partial charge in [-0.05, 0) is 25.0 Å². The van der Waals surface area contributed by atoms with Crippen molar-refractivity contribution in [2.45, 2.75) is 32.5 Å². The summed E-state index contributed by atoms with van der Waals surface area (Å²) in [6.07, 6.45) is 2.90. The molecule has 1 N–H and O–H groups in total. The zero-order chi connectivity index (χ0) is 24.7. The number of hydrogen-bond acceptors (Lipinski definition) is 8. The van der Waals surface area contributed by atoms with Crippen molar-refractivity contribution >= 4 is 17.5 Å². The van der Waals surface area contributed by atoms with Crippen molar-refractivity contribution in [3.8, 4) is 5.75 Å². The highest BCUT2D eigenvalue weighted by Crippen LogP contribution is 2.27. The van der Waals surface area contributed by atoms with E-state index in [1.165, 1.54) is 13.5 Å². The third-order valence-corrected chi connectivity index (χ3v) is 5.98. The van der Waals surface area contributed by atoms with Gasteiger partial charge >= 0.3 is 0 Å². The fourth-order valence-electron chi connectivity index (χ4n) is 4.00. The first-order valence-corrected chi connectivity index (χ1v) is 11.3. The average Bonchev–Trinajstić information content (AvgIpc) is 3.32. The van der Waals surface area contributed by atoms with Crippen molar-refractivity contribution in [2.75, 3.05) is 52.9 Å². The van der Waals surface area contributed by atoms with Crippen molar-refractivity contribution in [1.29, 1.82) is 0 Å². The van der Waals surface area contributed by atoms with Gasteiger partial charge in [0.05, 0.1) is 17.4 Å². The van der Waals surface area contributed by atoms with E-state index in [0.29, 0.717) is 36.7 Å². The number of methoxy groups -OCH3 is 2. The molecule has 186 valence electrons. The Labute approximate surface area is 200 Å². The Hall–Kier alpha value is -2.95. The van der Waals surface area contributed by atoms with Crippen molar-refractivity contribution in [3.05, 3.63) is 42.1 Å². The van der Waals surface area contributed by atoms with Gasteiger partial charge in [0.2, 0.25) is 5.91 Å². The lowest BCUT2D eigenvalue weighted by Gasteiger charge is -2.35. The van der Waals surface area contributed by atoms with Gasteiger partial charge < -0.3 is 28.8 Å². The molecule has 0 radical (unpaired) electrons. The molecule has 10 nitrogen and oxygen atoms in total. The Morgan fingerprint density at radius 3 is 2.74 bits per heavy atom. The van der Waals surface area contributed by atoms with Gasteiger partial charge in [-0.15, -0.1) is 0 Å². The maximum absolute atomic E-state index is 13.3. The fraction of sp³-hybridized carbons (Fsp3) is 0.542. The van der Waals surface area contributed by atoms with Crippen molar-refractivity contribution in [1.82, 2.24) is 14.8 Å². The predicted octanol–water partition coefficient (Wildman–Crippen LogP) is 2.27. The number of fused-ring (bicyclic) bond motifs is 1. The van der Waals surface area contributed by atoms with E-state index in [1.54, 1.807) is 43.5 Å². The molecule has 0 saturated heterocycles. The minimum Gasteiger partial charge on any atom is -0.491 e. The van der Waals surface area contributed by atoms with E-state index in [4.69, 9.17) is 18.6 Å². The molecule has 2 amide bonds. The van der Waals surface area contributed by atoms with Crippen LogP contribution in [0.15, 0.2) is 35.3 Å². The summed E-state index contributed by atoms with van der Waals surface area (Å²) < 4.78 is 22.0. The number of nitrogens with one attached hydrogen (secondary N) is 1. The van der Waals surface area contributed by atoms with Crippen LogP contribution in [0.2, 0.25) is 0 Å². The Morgan fingerprint density at radius 1 is 1.26 bits per heavy atom. The highest BCUT2D eigenvalue weighted by molar-refractivity contribution is 5.98. The predicted molar refractivity (Wildman–Crippen MR) is 126 cm³/mol. The molecule has 1 aliphatic rings. The van der Waals surface area contributed by atoms with Crippen LogP contribution in [0.25, 0.3) is 0 Å². The maximum Gasteiger partial charge on any atom is 0.257 e. The molecule has 34 heavy (non-hydrogen) atoms. The monoisotopic (exact) mass is 474 g/mol. The SMILES string of the molecule is COCC(=O)Nc1ccc2c(c1)OC[C@@H](C)N(Cc1cocn1)C[C@@H](C)[C@@H](OC)CN(C)C2=O. The van der Waals surface area contributed by atoms with Gasteiger partial charge in [0.1, 0.15) is 25.2 Å². The molecule has 0 saturated carbocycles. The quantitative estimate of drug-likeness (QED) is 0.680. The number of amides is 2. The zero-order valence-corrected chi connectivity index (χ0v) is 20.4. The summed E-state index contributed by atoms with van der Waals surface area (Å²) in [7, 11) is 4.87. The van der Waals surface area contributed by atoms with Crippen molar-refractivity contribution in [3.63, 3.8) is 0 Å². The Balaban J connectivity index is 1.92. The second kappa shape index (κ2) is 12.0. The number of carbonyl (C=O) groups excluding carboxylic acids is 2. The number of aromatic nitrogens is 1. The molecule has 1 aromatic carbocycles. The molecule has 2 aromatic rings. The summed E-state index contributed by atoms with van der Waals surface area (Å²) >= 11 is 0. The van der Waals surface area contributed by atoms with Gasteiger partial charge in [-0.3, -0.25) is 14.5 Å². The first kappa shape index (κ1) is 25.7. The van der Waals surface area contributed by atoms with Gasteiger partial charge in [-0.2, -0.15) is 0 Å². The molecule has 0 aliphatic carbocycles. The third-order valence-electron chi connectivity index (χ3n) is 5.98. The van der Waals surface area contributed by atoms with Crippen LogP contribution in [0.1, 0.15) is 29.9 Å². The number of ether oxygens (including phenoxy) is 3. The second-order valence-electron chi connectivity index (χ2n) is 8.70. The number of likely N-dealkylation sites (N-methyl/N-ethyl adjacent to an activating group) is 1. The molecule has 0 bridgehead atoms. The fourth-order valence-corrected chi connectivity index (χ4v) is 4.00. The summed E-state index contributed by atoms with van der Waals surface area (Å²) in [5, 5.41) is 2.76. The van der Waals surface area contributed by atoms with Crippen molar-refractivity contribution in [2.24, 2.45) is 5.92 Å². The van der Waals surface area contributed by atoms with Gasteiger partial charge in [0, 0.05) is 58.7 Å². The Morgan fingerprint density at radius 2 is 2.06 bits per heavy atom. The lowest BCUT2D eigenvalue weighted by atomic mass is 10.0. The van der Waals surface area contributed by atoms with E-state index in [1.807, 2.05) is 0 Å². The zero-order valence-electron chi connectivity index (χ0n) is 20.4. The highest BCUT2D eigenvalue weighted by Gasteiger charge is 2.28. The van der Waals surface area contributed by atoms with E-state index in [2.05, 4.69) is 29.0 Å². The molecule has 10 heteroatoms. The number of rotatable bonds is 6. The number of hydrogen-bond donors (Lipinski definition) is 1. The number of oxazole rings is 1. The van der Waals surface area contributed by atoms with Crippen LogP contribution < -0.4 is 10.1 Å². The van der Waals surface area contributed by atoms with Gasteiger partial charge in [-0.1, -0.05) is 6.92 Å². The van der Waals surface area contributed by atoms with E-state index < -0.39 is 0 Å². The number of carbonyl (C=O) groups is 2. The maximum atomic E-state index is 13.3. The topological polar surface area (TPSA) is 106 Å². The van der Waals surface area contributed by atoms with E-state index >= 15 is 0 Å². The first-order chi connectivity index (χ1) is 16.3. The molecular formula is C24H34N4O6. The molecule has 2 heterocycles. The largest absolute Gasteiger partial charge is 0.491 e. The number of nitrogens with zero attached hydrogens (tertiary/aromatic N) is 3. The Kier molecular flexibility index (Phi) is 9.03. The van der Waals surface area contributed by atoms with E-state index in [9.17, 15) is 9.59 Å². The van der Waals surface area contributed by atoms with Crippen molar-refractivity contribution < 1.29 is 28.2 Å². The minimum absolute atomic E-state index is 0.00324. The van der Waals surface area contributed by atoms with Crippen LogP contribution in [0, 0.1) is 5.92 Å². The van der Waals surface area contributed by atoms with E-state index in [-0.39, 0.29) is 36.5 Å². The van der Waals surface area contributed by atoms with Crippen LogP contribution in [-0.2, 0) is 20.8 Å². The molecule has 3 rings (SSSR count). The van der Waals surface area contributed by atoms with Gasteiger partial charge in [0.25, 0.3) is 5.91 Å². The van der Waals surface area contributed by atoms with Crippen LogP contribution in [0.4, 0.5) is 5.69 Å². The summed E-state index contributed by atoms with van der Waals surface area (Å²) in [6, 6.07) is 5.03. The second-order valence-corrected chi connectivity index (χ2v) is 8.70. The first-order valence-electron chi connectivity index (χ1n) is 11.3. The average molecular weight is 475 g/mol. The summed E-state index contributed by atoms with van der Waals surface area (Å²) in [5.41, 5.74) is 1.78. The van der Waals surface area contributed by atoms with Crippen LogP contribution >= 0.6 is 0 Å². The smallest absolute Gasteiger partial charge is 0.257 e. The number of anilines is 1.